The second-order valence-corrected chi connectivity index (χ2v) is 11.1. The Morgan fingerprint density at radius 2 is 1.84 bits per heavy atom. The van der Waals surface area contributed by atoms with Crippen LogP contribution in [0.4, 0.5) is 16.3 Å². The molecule has 4 heterocycles. The zero-order valence-electron chi connectivity index (χ0n) is 22.0. The molecule has 0 aliphatic carbocycles. The predicted molar refractivity (Wildman–Crippen MR) is 144 cm³/mol. The molecule has 0 unspecified atom stereocenters. The summed E-state index contributed by atoms with van der Waals surface area (Å²) in [5.74, 6) is 1.76. The van der Waals surface area contributed by atoms with Crippen LogP contribution >= 0.6 is 0 Å². The summed E-state index contributed by atoms with van der Waals surface area (Å²) in [4.78, 5) is 26.8. The second-order valence-electron chi connectivity index (χ2n) is 9.62. The van der Waals surface area contributed by atoms with Crippen molar-refractivity contribution in [3.8, 4) is 11.4 Å². The largest absolute Gasteiger partial charge is 0.378 e. The summed E-state index contributed by atoms with van der Waals surface area (Å²) in [6.07, 6.45) is 1.66. The number of nitrogens with zero attached hydrogens (tertiary/aromatic N) is 4. The third kappa shape index (κ3) is 7.38. The molecule has 2 aromatic rings. The van der Waals surface area contributed by atoms with Crippen LogP contribution in [0, 0.1) is 0 Å². The normalized spacial score (nSPS) is 20.0. The van der Waals surface area contributed by atoms with Gasteiger partial charge in [0.1, 0.15) is 5.82 Å². The summed E-state index contributed by atoms with van der Waals surface area (Å²) in [5, 5.41) is 5.58. The molecule has 38 heavy (non-hydrogen) atoms. The molecule has 0 saturated carbocycles. The van der Waals surface area contributed by atoms with Gasteiger partial charge < -0.3 is 25.0 Å². The smallest absolute Gasteiger partial charge is 0.319 e. The minimum Gasteiger partial charge on any atom is -0.378 e. The summed E-state index contributed by atoms with van der Waals surface area (Å²) in [6.45, 7) is 10.4. The van der Waals surface area contributed by atoms with Gasteiger partial charge in [0.15, 0.2) is 5.82 Å². The van der Waals surface area contributed by atoms with Gasteiger partial charge in [-0.25, -0.2) is 14.8 Å². The van der Waals surface area contributed by atoms with Gasteiger partial charge in [-0.1, -0.05) is 0 Å². The van der Waals surface area contributed by atoms with Crippen molar-refractivity contribution in [2.45, 2.75) is 38.9 Å². The molecule has 13 heteroatoms. The van der Waals surface area contributed by atoms with Crippen molar-refractivity contribution in [2.24, 2.45) is 0 Å². The van der Waals surface area contributed by atoms with Crippen LogP contribution in [-0.4, -0.2) is 98.3 Å². The predicted octanol–water partition coefficient (Wildman–Crippen LogP) is 1.77. The fraction of sp³-hybridized carbons (Fsp3) is 0.560. The fourth-order valence-electron chi connectivity index (χ4n) is 4.62. The first-order chi connectivity index (χ1) is 18.1. The number of fused-ring (bicyclic) bond motifs is 1. The number of hydrogen-bond acceptors (Lipinski definition) is 9. The highest BCUT2D eigenvalue weighted by molar-refractivity contribution is 7.85. The Bertz CT molecular complexity index is 1210. The van der Waals surface area contributed by atoms with Crippen LogP contribution in [0.3, 0.4) is 0 Å². The highest BCUT2D eigenvalue weighted by Crippen LogP contribution is 2.32. The molecule has 1 aromatic carbocycles. The van der Waals surface area contributed by atoms with Crippen molar-refractivity contribution in [3.63, 3.8) is 0 Å². The number of morpholine rings is 1. The Hall–Kier alpha value is -2.84. The lowest BCUT2D eigenvalue weighted by molar-refractivity contribution is -0.0699. The Morgan fingerprint density at radius 1 is 1.13 bits per heavy atom. The van der Waals surface area contributed by atoms with Crippen molar-refractivity contribution in [2.75, 3.05) is 62.5 Å². The molecule has 0 bridgehead atoms. The maximum atomic E-state index is 11.8. The van der Waals surface area contributed by atoms with Crippen molar-refractivity contribution in [3.05, 3.63) is 35.5 Å². The molecule has 1 atom stereocenters. The number of rotatable bonds is 5. The van der Waals surface area contributed by atoms with E-state index in [2.05, 4.69) is 27.4 Å². The van der Waals surface area contributed by atoms with Crippen LogP contribution in [0.2, 0.25) is 0 Å². The topological polar surface area (TPSA) is 146 Å². The van der Waals surface area contributed by atoms with Crippen molar-refractivity contribution in [1.29, 1.82) is 0 Å². The zero-order chi connectivity index (χ0) is 27.3. The van der Waals surface area contributed by atoms with E-state index in [1.165, 1.54) is 5.56 Å². The molecule has 0 radical (unpaired) electrons. The summed E-state index contributed by atoms with van der Waals surface area (Å²) < 4.78 is 37.0. The van der Waals surface area contributed by atoms with E-state index in [1.54, 1.807) is 0 Å². The maximum Gasteiger partial charge on any atom is 0.319 e. The molecular weight excluding hydrogens is 512 g/mol. The maximum absolute atomic E-state index is 11.8. The van der Waals surface area contributed by atoms with E-state index < -0.39 is 10.1 Å². The third-order valence-electron chi connectivity index (χ3n) is 6.59. The SMILES string of the molecule is CCNC(=O)Nc1ccc(-c2nc3c(c(N4CCOC[C@@H]4C)n2)CCN(C2COC2)C3)cc1.CS(=O)(=O)O. The van der Waals surface area contributed by atoms with Gasteiger partial charge in [0.2, 0.25) is 0 Å². The van der Waals surface area contributed by atoms with Gasteiger partial charge in [0.05, 0.1) is 50.5 Å². The summed E-state index contributed by atoms with van der Waals surface area (Å²) in [7, 11) is -3.67. The number of benzene rings is 1. The molecule has 0 spiro atoms. The second kappa shape index (κ2) is 12.3. The molecule has 3 aliphatic rings. The van der Waals surface area contributed by atoms with E-state index in [0.29, 0.717) is 32.1 Å². The van der Waals surface area contributed by atoms with E-state index in [4.69, 9.17) is 24.0 Å². The lowest BCUT2D eigenvalue weighted by atomic mass is 10.0. The molecular formula is C25H36N6O6S. The molecule has 3 N–H and O–H groups in total. The Balaban J connectivity index is 0.000000617. The number of anilines is 2. The van der Waals surface area contributed by atoms with Gasteiger partial charge in [-0.2, -0.15) is 8.42 Å². The molecule has 2 saturated heterocycles. The number of carbonyl (C=O) groups excluding carboxylic acids is 1. The summed E-state index contributed by atoms with van der Waals surface area (Å²) in [6, 6.07) is 8.27. The van der Waals surface area contributed by atoms with Crippen LogP contribution in [0.1, 0.15) is 25.1 Å². The quantitative estimate of drug-likeness (QED) is 0.473. The summed E-state index contributed by atoms with van der Waals surface area (Å²) in [5.41, 5.74) is 4.04. The van der Waals surface area contributed by atoms with Gasteiger partial charge >= 0.3 is 6.03 Å². The molecule has 208 valence electrons. The van der Waals surface area contributed by atoms with Crippen LogP contribution in [0.5, 0.6) is 0 Å². The summed E-state index contributed by atoms with van der Waals surface area (Å²) >= 11 is 0. The number of amides is 2. The van der Waals surface area contributed by atoms with Gasteiger partial charge in [0.25, 0.3) is 10.1 Å². The van der Waals surface area contributed by atoms with E-state index in [-0.39, 0.29) is 12.1 Å². The standard InChI is InChI=1S/C24H32N6O3.CH4O3S/c1-3-25-24(31)26-18-6-4-17(5-7-18)22-27-21-12-29(19-14-33-15-19)9-8-20(21)23(28-22)30-10-11-32-13-16(30)2;1-5(2,3)4/h4-7,16,19H,3,8-15H2,1-2H3,(H2,25,26,31);1H3,(H,2,3,4)/t16-;/m0./s1. The zero-order valence-corrected chi connectivity index (χ0v) is 22.8. The first-order valence-corrected chi connectivity index (χ1v) is 14.6. The van der Waals surface area contributed by atoms with Gasteiger partial charge in [0, 0.05) is 43.0 Å². The monoisotopic (exact) mass is 548 g/mol. The third-order valence-corrected chi connectivity index (χ3v) is 6.59. The Morgan fingerprint density at radius 3 is 2.45 bits per heavy atom. The Labute approximate surface area is 223 Å². The molecule has 3 aliphatic heterocycles. The van der Waals surface area contributed by atoms with Crippen molar-refractivity contribution >= 4 is 27.7 Å². The number of urea groups is 1. The number of nitrogens with one attached hydrogen (secondary N) is 2. The number of hydrogen-bond donors (Lipinski definition) is 3. The Kier molecular flexibility index (Phi) is 9.15. The molecule has 1 aromatic heterocycles. The van der Waals surface area contributed by atoms with Crippen LogP contribution < -0.4 is 15.5 Å². The minimum atomic E-state index is -3.67. The number of carbonyl (C=O) groups is 1. The lowest BCUT2D eigenvalue weighted by Gasteiger charge is -2.41. The van der Waals surface area contributed by atoms with Crippen molar-refractivity contribution in [1.82, 2.24) is 20.2 Å². The van der Waals surface area contributed by atoms with E-state index in [9.17, 15) is 13.2 Å². The van der Waals surface area contributed by atoms with Crippen LogP contribution in [0.25, 0.3) is 11.4 Å². The van der Waals surface area contributed by atoms with E-state index in [0.717, 1.165) is 67.9 Å². The van der Waals surface area contributed by atoms with Crippen LogP contribution in [0.15, 0.2) is 24.3 Å². The van der Waals surface area contributed by atoms with Gasteiger partial charge in [-0.05, 0) is 44.5 Å². The average Bonchev–Trinajstić information content (AvgIpc) is 2.82. The van der Waals surface area contributed by atoms with Crippen LogP contribution in [-0.2, 0) is 32.6 Å². The first-order valence-electron chi connectivity index (χ1n) is 12.8. The highest BCUT2D eigenvalue weighted by atomic mass is 32.2. The van der Waals surface area contributed by atoms with Crippen molar-refractivity contribution < 1.29 is 27.2 Å². The number of aromatic nitrogens is 2. The molecule has 2 fully saturated rings. The highest BCUT2D eigenvalue weighted by Gasteiger charge is 2.33. The lowest BCUT2D eigenvalue weighted by Crippen LogP contribution is -2.51. The minimum absolute atomic E-state index is 0.209. The molecule has 2 amide bonds. The van der Waals surface area contributed by atoms with Gasteiger partial charge in [-0.15, -0.1) is 0 Å². The first kappa shape index (κ1) is 28.2. The molecule has 12 nitrogen and oxygen atoms in total. The van der Waals surface area contributed by atoms with Gasteiger partial charge in [-0.3, -0.25) is 9.45 Å². The van der Waals surface area contributed by atoms with E-state index in [1.807, 2.05) is 31.2 Å². The number of ether oxygens (including phenoxy) is 2. The average molecular weight is 549 g/mol. The molecule has 5 rings (SSSR count). The van der Waals surface area contributed by atoms with E-state index >= 15 is 0 Å². The fourth-order valence-corrected chi connectivity index (χ4v) is 4.62.